The Bertz CT molecular complexity index is 1470. The smallest absolute Gasteiger partial charge is 0.264 e. The van der Waals surface area contributed by atoms with Crippen molar-refractivity contribution in [2.45, 2.75) is 6.92 Å². The van der Waals surface area contributed by atoms with Gasteiger partial charge in [0.1, 0.15) is 28.5 Å². The molecule has 0 atom stereocenters. The number of rotatable bonds is 6. The second-order valence-electron chi connectivity index (χ2n) is 10.1. The molecule has 0 bridgehead atoms. The lowest BCUT2D eigenvalue weighted by atomic mass is 10.1. The van der Waals surface area contributed by atoms with Crippen molar-refractivity contribution in [3.63, 3.8) is 0 Å². The number of piperazine rings is 2. The number of nitrogens with zero attached hydrogens (tertiary/aromatic N) is 6. The normalized spacial score (nSPS) is 16.0. The van der Waals surface area contributed by atoms with Crippen molar-refractivity contribution in [1.82, 2.24) is 14.9 Å². The van der Waals surface area contributed by atoms with Gasteiger partial charge in [-0.1, -0.05) is 0 Å². The molecule has 2 aliphatic rings. The first-order valence-electron chi connectivity index (χ1n) is 13.6. The molecule has 0 aliphatic carbocycles. The van der Waals surface area contributed by atoms with Crippen LogP contribution >= 0.6 is 11.3 Å². The molecule has 10 heteroatoms. The average molecular weight is 559 g/mol. The number of ether oxygens (including phenoxy) is 2. The van der Waals surface area contributed by atoms with Gasteiger partial charge in [0, 0.05) is 63.7 Å². The van der Waals surface area contributed by atoms with Gasteiger partial charge in [0.05, 0.1) is 24.5 Å². The number of aryl methyl sites for hydroxylation is 1. The molecule has 2 fully saturated rings. The van der Waals surface area contributed by atoms with Crippen LogP contribution in [0.2, 0.25) is 0 Å². The van der Waals surface area contributed by atoms with Crippen molar-refractivity contribution in [3.8, 4) is 11.5 Å². The van der Waals surface area contributed by atoms with E-state index in [1.807, 2.05) is 36.1 Å². The van der Waals surface area contributed by atoms with Crippen LogP contribution in [0.5, 0.6) is 11.5 Å². The average Bonchev–Trinajstić information content (AvgIpc) is 3.37. The summed E-state index contributed by atoms with van der Waals surface area (Å²) in [7, 11) is 3.36. The van der Waals surface area contributed by atoms with E-state index in [2.05, 4.69) is 43.9 Å². The van der Waals surface area contributed by atoms with Crippen molar-refractivity contribution in [2.24, 2.45) is 0 Å². The van der Waals surface area contributed by atoms with E-state index in [-0.39, 0.29) is 5.91 Å². The molecule has 0 N–H and O–H groups in total. The lowest BCUT2D eigenvalue weighted by molar-refractivity contribution is 0.0751. The van der Waals surface area contributed by atoms with Gasteiger partial charge in [-0.05, 0) is 61.0 Å². The summed E-state index contributed by atoms with van der Waals surface area (Å²) in [6.45, 7) is 8.50. The van der Waals surface area contributed by atoms with Crippen LogP contribution in [0.15, 0.2) is 54.9 Å². The molecule has 0 saturated carbocycles. The van der Waals surface area contributed by atoms with Crippen molar-refractivity contribution in [2.75, 3.05) is 81.3 Å². The molecule has 0 spiro atoms. The third kappa shape index (κ3) is 4.99. The molecule has 6 rings (SSSR count). The minimum Gasteiger partial charge on any atom is -0.497 e. The molecule has 4 aromatic rings. The summed E-state index contributed by atoms with van der Waals surface area (Å²) in [5.41, 5.74) is 3.33. The molecule has 1 amide bonds. The monoisotopic (exact) mass is 558 g/mol. The van der Waals surface area contributed by atoms with Crippen LogP contribution in [0.25, 0.3) is 10.2 Å². The first kappa shape index (κ1) is 26.2. The van der Waals surface area contributed by atoms with Gasteiger partial charge in [-0.25, -0.2) is 9.97 Å². The summed E-state index contributed by atoms with van der Waals surface area (Å²) in [6.07, 6.45) is 1.63. The molecule has 0 radical (unpaired) electrons. The second-order valence-corrected chi connectivity index (χ2v) is 11.1. The highest BCUT2D eigenvalue weighted by molar-refractivity contribution is 7.20. The molecule has 0 unspecified atom stereocenters. The van der Waals surface area contributed by atoms with Crippen LogP contribution in [-0.2, 0) is 0 Å². The molecule has 2 aliphatic heterocycles. The highest BCUT2D eigenvalue weighted by Crippen LogP contribution is 2.36. The summed E-state index contributed by atoms with van der Waals surface area (Å²) >= 11 is 1.49. The Kier molecular flexibility index (Phi) is 7.34. The zero-order valence-corrected chi connectivity index (χ0v) is 24.0. The number of carbonyl (C=O) groups excluding carboxylic acids is 1. The van der Waals surface area contributed by atoms with Gasteiger partial charge in [0.25, 0.3) is 5.91 Å². The summed E-state index contributed by atoms with van der Waals surface area (Å²) in [5, 5.41) is 1.01. The van der Waals surface area contributed by atoms with Crippen molar-refractivity contribution >= 4 is 44.7 Å². The molecular formula is C30H34N6O3S. The molecule has 4 heterocycles. The molecule has 40 heavy (non-hydrogen) atoms. The number of aromatic nitrogens is 2. The number of amides is 1. The van der Waals surface area contributed by atoms with Crippen molar-refractivity contribution < 1.29 is 14.3 Å². The van der Waals surface area contributed by atoms with E-state index in [0.717, 1.165) is 82.9 Å². The Morgan fingerprint density at radius 3 is 1.75 bits per heavy atom. The Morgan fingerprint density at radius 2 is 1.23 bits per heavy atom. The SMILES string of the molecule is COc1ccc(N2CCN(C(=O)c3sc4ncnc(N5CCN(c6ccc(OC)cc6)CC5)c4c3C)CC2)cc1. The first-order valence-corrected chi connectivity index (χ1v) is 14.4. The van der Waals surface area contributed by atoms with E-state index in [0.29, 0.717) is 13.1 Å². The summed E-state index contributed by atoms with van der Waals surface area (Å²) in [5.74, 6) is 2.73. The third-order valence-electron chi connectivity index (χ3n) is 7.92. The number of methoxy groups -OCH3 is 2. The lowest BCUT2D eigenvalue weighted by Crippen LogP contribution is -2.48. The molecule has 2 aromatic heterocycles. The fourth-order valence-corrected chi connectivity index (χ4v) is 6.68. The summed E-state index contributed by atoms with van der Waals surface area (Å²) in [4.78, 5) is 33.6. The standard InChI is InChI=1S/C30H34N6O3S/c1-21-26-28(35-16-12-33(13-17-35)22-4-8-24(38-2)9-5-22)31-20-32-29(26)40-27(21)30(37)36-18-14-34(15-19-36)23-6-10-25(39-3)11-7-23/h4-11,20H,12-19H2,1-3H3. The van der Waals surface area contributed by atoms with E-state index in [1.54, 1.807) is 20.5 Å². The van der Waals surface area contributed by atoms with Crippen molar-refractivity contribution in [3.05, 3.63) is 65.3 Å². The maximum absolute atomic E-state index is 13.7. The molecule has 2 aromatic carbocycles. The summed E-state index contributed by atoms with van der Waals surface area (Å²) in [6, 6.07) is 16.3. The fraction of sp³-hybridized carbons (Fsp3) is 0.367. The largest absolute Gasteiger partial charge is 0.497 e. The van der Waals surface area contributed by atoms with E-state index < -0.39 is 0 Å². The van der Waals surface area contributed by atoms with Gasteiger partial charge in [0.15, 0.2) is 0 Å². The molecule has 2 saturated heterocycles. The van der Waals surface area contributed by atoms with Crippen molar-refractivity contribution in [1.29, 1.82) is 0 Å². The molecular weight excluding hydrogens is 524 g/mol. The summed E-state index contributed by atoms with van der Waals surface area (Å²) < 4.78 is 10.6. The quantitative estimate of drug-likeness (QED) is 0.347. The topological polar surface area (TPSA) is 74.3 Å². The second kappa shape index (κ2) is 11.2. The van der Waals surface area contributed by atoms with E-state index in [9.17, 15) is 4.79 Å². The number of hydrogen-bond donors (Lipinski definition) is 0. The van der Waals surface area contributed by atoms with E-state index in [4.69, 9.17) is 14.5 Å². The predicted octanol–water partition coefficient (Wildman–Crippen LogP) is 4.31. The third-order valence-corrected chi connectivity index (χ3v) is 9.11. The zero-order valence-electron chi connectivity index (χ0n) is 23.2. The number of thiophene rings is 1. The predicted molar refractivity (Wildman–Crippen MR) is 161 cm³/mol. The van der Waals surface area contributed by atoms with Crippen LogP contribution in [0, 0.1) is 6.92 Å². The van der Waals surface area contributed by atoms with Gasteiger partial charge < -0.3 is 29.1 Å². The Hall–Kier alpha value is -4.05. The molecule has 208 valence electrons. The van der Waals surface area contributed by atoms with Crippen LogP contribution < -0.4 is 24.2 Å². The van der Waals surface area contributed by atoms with Crippen LogP contribution in [0.1, 0.15) is 15.2 Å². The van der Waals surface area contributed by atoms with Crippen LogP contribution in [0.3, 0.4) is 0 Å². The highest BCUT2D eigenvalue weighted by atomic mass is 32.1. The van der Waals surface area contributed by atoms with Gasteiger partial charge in [-0.2, -0.15) is 0 Å². The maximum Gasteiger partial charge on any atom is 0.264 e. The Morgan fingerprint density at radius 1 is 0.725 bits per heavy atom. The van der Waals surface area contributed by atoms with Gasteiger partial charge >= 0.3 is 0 Å². The number of fused-ring (bicyclic) bond motifs is 1. The Labute approximate surface area is 238 Å². The minimum absolute atomic E-state index is 0.0881. The molecule has 9 nitrogen and oxygen atoms in total. The van der Waals surface area contributed by atoms with E-state index in [1.165, 1.54) is 17.0 Å². The Balaban J connectivity index is 1.14. The van der Waals surface area contributed by atoms with Gasteiger partial charge in [-0.3, -0.25) is 4.79 Å². The van der Waals surface area contributed by atoms with Gasteiger partial charge in [0.2, 0.25) is 0 Å². The fourth-order valence-electron chi connectivity index (χ4n) is 5.57. The highest BCUT2D eigenvalue weighted by Gasteiger charge is 2.28. The van der Waals surface area contributed by atoms with Crippen LogP contribution in [-0.4, -0.2) is 87.4 Å². The van der Waals surface area contributed by atoms with Gasteiger partial charge in [-0.15, -0.1) is 11.3 Å². The van der Waals surface area contributed by atoms with Crippen LogP contribution in [0.4, 0.5) is 17.2 Å². The first-order chi connectivity index (χ1) is 19.6. The lowest BCUT2D eigenvalue weighted by Gasteiger charge is -2.37. The van der Waals surface area contributed by atoms with E-state index >= 15 is 0 Å². The minimum atomic E-state index is 0.0881. The number of anilines is 3. The number of carbonyl (C=O) groups is 1. The maximum atomic E-state index is 13.7. The number of benzene rings is 2. The number of hydrogen-bond acceptors (Lipinski definition) is 9. The zero-order chi connectivity index (χ0) is 27.6.